The smallest absolute Gasteiger partial charge is 0.361 e. The van der Waals surface area contributed by atoms with Crippen LogP contribution in [0.5, 0.6) is 0 Å². The monoisotopic (exact) mass is 248 g/mol. The number of amidine groups is 1. The number of benzene rings is 1. The predicted molar refractivity (Wildman–Crippen MR) is 68.3 cm³/mol. The Morgan fingerprint density at radius 1 is 1.39 bits per heavy atom. The minimum absolute atomic E-state index is 0.317. The van der Waals surface area contributed by atoms with Crippen LogP contribution in [-0.2, 0) is 14.4 Å². The molecule has 5 nitrogen and oxygen atoms in total. The molecule has 18 heavy (non-hydrogen) atoms. The van der Waals surface area contributed by atoms with E-state index in [0.29, 0.717) is 12.4 Å². The topological polar surface area (TPSA) is 51.1 Å². The zero-order chi connectivity index (χ0) is 13.1. The van der Waals surface area contributed by atoms with E-state index in [-0.39, 0.29) is 0 Å². The number of aryl methyl sites for hydroxylation is 1. The summed E-state index contributed by atoms with van der Waals surface area (Å²) in [6, 6.07) is 7.79. The molecule has 0 radical (unpaired) electrons. The molecule has 1 aliphatic heterocycles. The Bertz CT molecular complexity index is 468. The van der Waals surface area contributed by atoms with Gasteiger partial charge in [-0.25, -0.2) is 19.7 Å². The number of aliphatic imine (C=N–C) groups is 1. The van der Waals surface area contributed by atoms with Crippen LogP contribution in [0.1, 0.15) is 19.4 Å². The number of hydrogen-bond acceptors (Lipinski definition) is 5. The minimum atomic E-state index is -0.897. The van der Waals surface area contributed by atoms with Gasteiger partial charge in [-0.3, -0.25) is 0 Å². The molecule has 1 aliphatic rings. The second-order valence-electron chi connectivity index (χ2n) is 4.02. The fourth-order valence-corrected chi connectivity index (χ4v) is 1.66. The lowest BCUT2D eigenvalue weighted by molar-refractivity contribution is -0.154. The van der Waals surface area contributed by atoms with Crippen LogP contribution < -0.4 is 5.06 Å². The van der Waals surface area contributed by atoms with Gasteiger partial charge in [0.05, 0.1) is 12.3 Å². The second-order valence-corrected chi connectivity index (χ2v) is 4.02. The molecule has 1 heterocycles. The van der Waals surface area contributed by atoms with E-state index >= 15 is 0 Å². The van der Waals surface area contributed by atoms with E-state index in [1.54, 1.807) is 18.9 Å². The molecule has 1 atom stereocenters. The van der Waals surface area contributed by atoms with Crippen LogP contribution in [0.3, 0.4) is 0 Å². The molecule has 0 amide bonds. The molecule has 1 unspecified atom stereocenters. The second kappa shape index (κ2) is 5.18. The maximum atomic E-state index is 11.5. The summed E-state index contributed by atoms with van der Waals surface area (Å²) >= 11 is 0. The van der Waals surface area contributed by atoms with E-state index in [9.17, 15) is 4.79 Å². The van der Waals surface area contributed by atoms with Crippen molar-refractivity contribution in [3.8, 4) is 0 Å². The number of anilines is 1. The molecular weight excluding hydrogens is 232 g/mol. The molecule has 96 valence electrons. The molecule has 0 spiro atoms. The number of rotatable bonds is 3. The van der Waals surface area contributed by atoms with Gasteiger partial charge in [0.2, 0.25) is 0 Å². The third kappa shape index (κ3) is 2.51. The summed E-state index contributed by atoms with van der Waals surface area (Å²) in [7, 11) is 0. The highest BCUT2D eigenvalue weighted by molar-refractivity contribution is 5.97. The Morgan fingerprint density at radius 3 is 2.67 bits per heavy atom. The summed E-state index contributed by atoms with van der Waals surface area (Å²) in [6.45, 7) is 5.87. The number of carbonyl (C=O) groups excluding carboxylic acids is 1. The van der Waals surface area contributed by atoms with E-state index in [2.05, 4.69) is 4.99 Å². The molecule has 5 heteroatoms. The van der Waals surface area contributed by atoms with Crippen LogP contribution in [0, 0.1) is 6.92 Å². The Kier molecular flexibility index (Phi) is 3.62. The maximum absolute atomic E-state index is 11.5. The molecular formula is C13H16N2O3. The number of esters is 1. The molecule has 0 aromatic heterocycles. The lowest BCUT2D eigenvalue weighted by Crippen LogP contribution is -2.29. The number of carbonyl (C=O) groups is 1. The first-order valence-corrected chi connectivity index (χ1v) is 5.86. The van der Waals surface area contributed by atoms with Crippen molar-refractivity contribution in [3.05, 3.63) is 29.8 Å². The molecule has 0 bridgehead atoms. The third-order valence-electron chi connectivity index (χ3n) is 2.56. The lowest BCUT2D eigenvalue weighted by Gasteiger charge is -2.17. The SMILES string of the molecule is CCOC(=O)C1N=C(C)N(c2ccc(C)cc2)O1. The van der Waals surface area contributed by atoms with Gasteiger partial charge in [0.15, 0.2) is 0 Å². The highest BCUT2D eigenvalue weighted by Gasteiger charge is 2.31. The third-order valence-corrected chi connectivity index (χ3v) is 2.56. The van der Waals surface area contributed by atoms with Crippen LogP contribution in [0.4, 0.5) is 5.69 Å². The highest BCUT2D eigenvalue weighted by Crippen LogP contribution is 2.22. The largest absolute Gasteiger partial charge is 0.463 e. The minimum Gasteiger partial charge on any atom is -0.463 e. The first kappa shape index (κ1) is 12.6. The van der Waals surface area contributed by atoms with Gasteiger partial charge < -0.3 is 4.74 Å². The molecule has 2 rings (SSSR count). The molecule has 1 aromatic carbocycles. The van der Waals surface area contributed by atoms with Gasteiger partial charge in [0.1, 0.15) is 5.84 Å². The van der Waals surface area contributed by atoms with Crippen LogP contribution in [0.2, 0.25) is 0 Å². The summed E-state index contributed by atoms with van der Waals surface area (Å²) in [5.41, 5.74) is 2.00. The van der Waals surface area contributed by atoms with Crippen molar-refractivity contribution >= 4 is 17.5 Å². The van der Waals surface area contributed by atoms with E-state index < -0.39 is 12.2 Å². The summed E-state index contributed by atoms with van der Waals surface area (Å²) in [5.74, 6) is 0.170. The van der Waals surface area contributed by atoms with Crippen molar-refractivity contribution in [2.75, 3.05) is 11.7 Å². The van der Waals surface area contributed by atoms with E-state index in [1.165, 1.54) is 0 Å². The van der Waals surface area contributed by atoms with Crippen molar-refractivity contribution in [3.63, 3.8) is 0 Å². The first-order valence-electron chi connectivity index (χ1n) is 5.86. The maximum Gasteiger partial charge on any atom is 0.361 e. The zero-order valence-corrected chi connectivity index (χ0v) is 10.7. The van der Waals surface area contributed by atoms with Gasteiger partial charge in [0.25, 0.3) is 6.23 Å². The van der Waals surface area contributed by atoms with Gasteiger partial charge in [0, 0.05) is 0 Å². The van der Waals surface area contributed by atoms with Gasteiger partial charge in [-0.15, -0.1) is 0 Å². The molecule has 0 saturated carbocycles. The zero-order valence-electron chi connectivity index (χ0n) is 10.7. The lowest BCUT2D eigenvalue weighted by atomic mass is 10.2. The average molecular weight is 248 g/mol. The number of hydroxylamine groups is 1. The van der Waals surface area contributed by atoms with Gasteiger partial charge in [-0.2, -0.15) is 0 Å². The number of ether oxygens (including phenoxy) is 1. The Hall–Kier alpha value is -1.88. The van der Waals surface area contributed by atoms with Crippen molar-refractivity contribution in [2.45, 2.75) is 27.0 Å². The fraction of sp³-hybridized carbons (Fsp3) is 0.385. The average Bonchev–Trinajstić information content (AvgIpc) is 2.73. The Balaban J connectivity index is 2.12. The quantitative estimate of drug-likeness (QED) is 0.768. The van der Waals surface area contributed by atoms with Crippen LogP contribution in [0.25, 0.3) is 0 Å². The van der Waals surface area contributed by atoms with E-state index in [1.807, 2.05) is 31.2 Å². The molecule has 1 aromatic rings. The van der Waals surface area contributed by atoms with Crippen molar-refractivity contribution < 1.29 is 14.4 Å². The normalized spacial score (nSPS) is 18.7. The van der Waals surface area contributed by atoms with Gasteiger partial charge in [-0.05, 0) is 32.9 Å². The highest BCUT2D eigenvalue weighted by atomic mass is 16.7. The van der Waals surface area contributed by atoms with Crippen molar-refractivity contribution in [2.24, 2.45) is 4.99 Å². The molecule has 0 saturated heterocycles. The summed E-state index contributed by atoms with van der Waals surface area (Å²) in [6.07, 6.45) is -0.897. The Labute approximate surface area is 106 Å². The molecule has 0 N–H and O–H groups in total. The van der Waals surface area contributed by atoms with Crippen LogP contribution >= 0.6 is 0 Å². The number of hydrogen-bond donors (Lipinski definition) is 0. The predicted octanol–water partition coefficient (Wildman–Crippen LogP) is 2.05. The standard InChI is InChI=1S/C13H16N2O3/c1-4-17-13(16)12-14-10(3)15(18-12)11-7-5-9(2)6-8-11/h5-8,12H,4H2,1-3H3. The van der Waals surface area contributed by atoms with Crippen molar-refractivity contribution in [1.82, 2.24) is 0 Å². The Morgan fingerprint density at radius 2 is 2.06 bits per heavy atom. The fourth-order valence-electron chi connectivity index (χ4n) is 1.66. The molecule has 0 aliphatic carbocycles. The van der Waals surface area contributed by atoms with Gasteiger partial charge in [-0.1, -0.05) is 17.7 Å². The number of nitrogens with zero attached hydrogens (tertiary/aromatic N) is 2. The summed E-state index contributed by atoms with van der Waals surface area (Å²) in [4.78, 5) is 21.1. The first-order chi connectivity index (χ1) is 8.61. The van der Waals surface area contributed by atoms with Crippen molar-refractivity contribution in [1.29, 1.82) is 0 Å². The molecule has 0 fully saturated rings. The summed E-state index contributed by atoms with van der Waals surface area (Å²) in [5, 5.41) is 1.54. The van der Waals surface area contributed by atoms with E-state index in [4.69, 9.17) is 9.57 Å². The van der Waals surface area contributed by atoms with Gasteiger partial charge >= 0.3 is 5.97 Å². The van der Waals surface area contributed by atoms with Crippen LogP contribution in [-0.4, -0.2) is 24.6 Å². The summed E-state index contributed by atoms with van der Waals surface area (Å²) < 4.78 is 4.88. The van der Waals surface area contributed by atoms with E-state index in [0.717, 1.165) is 11.3 Å². The van der Waals surface area contributed by atoms with Crippen LogP contribution in [0.15, 0.2) is 29.3 Å².